The third kappa shape index (κ3) is 3.22. The minimum Gasteiger partial charge on any atom is -0.118 e. The number of hydrogen-bond acceptors (Lipinski definition) is 1. The fourth-order valence-corrected chi connectivity index (χ4v) is 2.53. The summed E-state index contributed by atoms with van der Waals surface area (Å²) in [6.07, 6.45) is 0. The molecular weight excluding hydrogens is 188 g/mol. The van der Waals surface area contributed by atoms with E-state index in [4.69, 9.17) is 0 Å². The van der Waals surface area contributed by atoms with E-state index in [0.717, 1.165) is 0 Å². The first-order valence-electron chi connectivity index (χ1n) is 4.98. The maximum Gasteiger partial charge on any atom is 0.0321 e. The van der Waals surface area contributed by atoms with E-state index in [1.807, 2.05) is 11.8 Å². The van der Waals surface area contributed by atoms with Crippen molar-refractivity contribution in [1.29, 1.82) is 0 Å². The summed E-state index contributed by atoms with van der Waals surface area (Å²) in [4.78, 5) is 1.33. The van der Waals surface area contributed by atoms with Crippen LogP contribution >= 0.6 is 11.8 Å². The number of rotatable bonds is 4. The van der Waals surface area contributed by atoms with Crippen molar-refractivity contribution in [2.24, 2.45) is 5.92 Å². The smallest absolute Gasteiger partial charge is 0.0321 e. The molecule has 0 bridgehead atoms. The highest BCUT2D eigenvalue weighted by atomic mass is 32.2. The van der Waals surface area contributed by atoms with Gasteiger partial charge in [-0.3, -0.25) is 0 Å². The van der Waals surface area contributed by atoms with E-state index >= 15 is 0 Å². The van der Waals surface area contributed by atoms with Crippen LogP contribution in [0.3, 0.4) is 0 Å². The average Bonchev–Trinajstić information content (AvgIpc) is 2.15. The number of benzene rings is 1. The third-order valence-corrected chi connectivity index (χ3v) is 3.84. The van der Waals surface area contributed by atoms with Gasteiger partial charge in [0.1, 0.15) is 0 Å². The van der Waals surface area contributed by atoms with E-state index < -0.39 is 0 Å². The van der Waals surface area contributed by atoms with Crippen molar-refractivity contribution in [3.05, 3.63) is 42.5 Å². The van der Waals surface area contributed by atoms with Crippen LogP contribution < -0.4 is 0 Å². The lowest BCUT2D eigenvalue weighted by Crippen LogP contribution is -2.11. The Kier molecular flexibility index (Phi) is 4.27. The average molecular weight is 206 g/mol. The lowest BCUT2D eigenvalue weighted by molar-refractivity contribution is 0.659. The first-order chi connectivity index (χ1) is 6.61. The van der Waals surface area contributed by atoms with Gasteiger partial charge in [-0.15, -0.1) is 11.8 Å². The Morgan fingerprint density at radius 3 is 2.21 bits per heavy atom. The fourth-order valence-electron chi connectivity index (χ4n) is 1.45. The van der Waals surface area contributed by atoms with Crippen LogP contribution in [0.25, 0.3) is 0 Å². The SMILES string of the molecule is C=C(C)C(Sc1ccccc1)C(C)C. The topological polar surface area (TPSA) is 0 Å². The Balaban J connectivity index is 2.70. The van der Waals surface area contributed by atoms with Crippen molar-refractivity contribution in [2.45, 2.75) is 30.9 Å². The van der Waals surface area contributed by atoms with Crippen LogP contribution in [0, 0.1) is 5.92 Å². The van der Waals surface area contributed by atoms with E-state index in [2.05, 4.69) is 57.7 Å². The van der Waals surface area contributed by atoms with Crippen LogP contribution in [0.1, 0.15) is 20.8 Å². The molecule has 0 aliphatic rings. The summed E-state index contributed by atoms with van der Waals surface area (Å²) in [7, 11) is 0. The van der Waals surface area contributed by atoms with Gasteiger partial charge >= 0.3 is 0 Å². The Morgan fingerprint density at radius 1 is 1.21 bits per heavy atom. The predicted octanol–water partition coefficient (Wildman–Crippen LogP) is 4.38. The quantitative estimate of drug-likeness (QED) is 0.520. The zero-order valence-electron chi connectivity index (χ0n) is 9.16. The highest BCUT2D eigenvalue weighted by Gasteiger charge is 2.14. The largest absolute Gasteiger partial charge is 0.118 e. The summed E-state index contributed by atoms with van der Waals surface area (Å²) in [6, 6.07) is 10.5. The molecule has 0 fully saturated rings. The molecule has 0 spiro atoms. The summed E-state index contributed by atoms with van der Waals surface area (Å²) in [5.74, 6) is 0.637. The molecule has 0 amide bonds. The summed E-state index contributed by atoms with van der Waals surface area (Å²) >= 11 is 1.91. The van der Waals surface area contributed by atoms with Gasteiger partial charge in [0.2, 0.25) is 0 Å². The van der Waals surface area contributed by atoms with E-state index in [1.165, 1.54) is 10.5 Å². The second kappa shape index (κ2) is 5.26. The van der Waals surface area contributed by atoms with E-state index in [1.54, 1.807) is 0 Å². The molecule has 0 heterocycles. The summed E-state index contributed by atoms with van der Waals surface area (Å²) in [5, 5.41) is 0.525. The van der Waals surface area contributed by atoms with Gasteiger partial charge in [0, 0.05) is 10.1 Å². The Hall–Kier alpha value is -0.690. The minimum absolute atomic E-state index is 0.525. The van der Waals surface area contributed by atoms with Crippen molar-refractivity contribution >= 4 is 11.8 Å². The predicted molar refractivity (Wildman–Crippen MR) is 65.7 cm³/mol. The zero-order valence-corrected chi connectivity index (χ0v) is 9.97. The maximum atomic E-state index is 4.05. The molecule has 0 aliphatic heterocycles. The molecule has 0 N–H and O–H groups in total. The first-order valence-corrected chi connectivity index (χ1v) is 5.86. The molecule has 0 saturated heterocycles. The molecule has 0 saturated carbocycles. The standard InChI is InChI=1S/C13H18S/c1-10(2)13(11(3)4)14-12-8-6-5-7-9-12/h5-9,11,13H,1H2,2-4H3. The molecule has 0 aromatic heterocycles. The van der Waals surface area contributed by atoms with Crippen molar-refractivity contribution in [3.63, 3.8) is 0 Å². The van der Waals surface area contributed by atoms with Gasteiger partial charge in [0.15, 0.2) is 0 Å². The zero-order chi connectivity index (χ0) is 10.6. The van der Waals surface area contributed by atoms with Crippen LogP contribution in [0.15, 0.2) is 47.4 Å². The molecule has 1 rings (SSSR count). The molecule has 1 aromatic carbocycles. The van der Waals surface area contributed by atoms with Gasteiger partial charge in [-0.1, -0.05) is 44.2 Å². The maximum absolute atomic E-state index is 4.05. The summed E-state index contributed by atoms with van der Waals surface area (Å²) in [6.45, 7) is 10.7. The second-order valence-electron chi connectivity index (χ2n) is 3.94. The van der Waals surface area contributed by atoms with Crippen LogP contribution in [0.4, 0.5) is 0 Å². The molecule has 1 unspecified atom stereocenters. The van der Waals surface area contributed by atoms with Gasteiger partial charge < -0.3 is 0 Å². The Morgan fingerprint density at radius 2 is 1.79 bits per heavy atom. The van der Waals surface area contributed by atoms with Crippen LogP contribution in [0.5, 0.6) is 0 Å². The van der Waals surface area contributed by atoms with E-state index in [9.17, 15) is 0 Å². The van der Waals surface area contributed by atoms with Gasteiger partial charge in [-0.05, 0) is 25.0 Å². The summed E-state index contributed by atoms with van der Waals surface area (Å²) < 4.78 is 0. The summed E-state index contributed by atoms with van der Waals surface area (Å²) in [5.41, 5.74) is 1.26. The first kappa shape index (κ1) is 11.4. The normalized spacial score (nSPS) is 12.9. The lowest BCUT2D eigenvalue weighted by Gasteiger charge is -2.20. The van der Waals surface area contributed by atoms with Crippen molar-refractivity contribution < 1.29 is 0 Å². The van der Waals surface area contributed by atoms with Crippen molar-refractivity contribution in [2.75, 3.05) is 0 Å². The van der Waals surface area contributed by atoms with Gasteiger partial charge in [0.25, 0.3) is 0 Å². The lowest BCUT2D eigenvalue weighted by atomic mass is 10.1. The minimum atomic E-state index is 0.525. The van der Waals surface area contributed by atoms with E-state index in [0.29, 0.717) is 11.2 Å². The van der Waals surface area contributed by atoms with Gasteiger partial charge in [0.05, 0.1) is 0 Å². The van der Waals surface area contributed by atoms with Gasteiger partial charge in [-0.2, -0.15) is 0 Å². The molecule has 0 radical (unpaired) electrons. The number of thioether (sulfide) groups is 1. The monoisotopic (exact) mass is 206 g/mol. The molecular formula is C13H18S. The molecule has 1 atom stereocenters. The van der Waals surface area contributed by atoms with Crippen LogP contribution in [0.2, 0.25) is 0 Å². The molecule has 1 heteroatoms. The Bertz CT molecular complexity index is 287. The van der Waals surface area contributed by atoms with Crippen LogP contribution in [-0.2, 0) is 0 Å². The molecule has 14 heavy (non-hydrogen) atoms. The fraction of sp³-hybridized carbons (Fsp3) is 0.385. The Labute approximate surface area is 91.4 Å². The van der Waals surface area contributed by atoms with Crippen LogP contribution in [-0.4, -0.2) is 5.25 Å². The molecule has 1 aromatic rings. The molecule has 0 nitrogen and oxygen atoms in total. The highest BCUT2D eigenvalue weighted by Crippen LogP contribution is 2.31. The molecule has 0 aliphatic carbocycles. The van der Waals surface area contributed by atoms with Crippen molar-refractivity contribution in [1.82, 2.24) is 0 Å². The third-order valence-electron chi connectivity index (χ3n) is 2.10. The highest BCUT2D eigenvalue weighted by molar-refractivity contribution is 8.00. The van der Waals surface area contributed by atoms with Crippen molar-refractivity contribution in [3.8, 4) is 0 Å². The number of hydrogen-bond donors (Lipinski definition) is 0. The molecule has 76 valence electrons. The van der Waals surface area contributed by atoms with Gasteiger partial charge in [-0.25, -0.2) is 0 Å². The van der Waals surface area contributed by atoms with E-state index in [-0.39, 0.29) is 0 Å². The second-order valence-corrected chi connectivity index (χ2v) is 5.16.